The first-order valence-corrected chi connectivity index (χ1v) is 9.17. The minimum Gasteiger partial charge on any atom is -0.378 e. The van der Waals surface area contributed by atoms with Gasteiger partial charge in [0.25, 0.3) is 0 Å². The Balaban J connectivity index is 0.00000240. The largest absolute Gasteiger partial charge is 0.378 e. The van der Waals surface area contributed by atoms with E-state index in [1.807, 2.05) is 17.0 Å². The smallest absolute Gasteiger partial charge is 0.233 e. The summed E-state index contributed by atoms with van der Waals surface area (Å²) in [5, 5.41) is 6.84. The number of nitrogens with zero attached hydrogens (tertiary/aromatic N) is 4. The number of benzene rings is 2. The molecule has 3 aromatic rings. The number of ether oxygens (including phenoxy) is 1. The SMILES string of the molecule is Cl.Fc1cccc(Nc2nc(Nc3ccc(Cl)cc3)nc(N3CCOCC3)n2)c1. The van der Waals surface area contributed by atoms with Gasteiger partial charge in [0, 0.05) is 29.5 Å². The van der Waals surface area contributed by atoms with Crippen LogP contribution < -0.4 is 15.5 Å². The Morgan fingerprint density at radius 2 is 1.55 bits per heavy atom. The van der Waals surface area contributed by atoms with Crippen molar-refractivity contribution in [3.05, 3.63) is 59.4 Å². The molecule has 0 spiro atoms. The molecule has 152 valence electrons. The van der Waals surface area contributed by atoms with Crippen LogP contribution in [0, 0.1) is 5.82 Å². The van der Waals surface area contributed by atoms with Gasteiger partial charge < -0.3 is 20.3 Å². The van der Waals surface area contributed by atoms with Crippen LogP contribution >= 0.6 is 24.0 Å². The monoisotopic (exact) mass is 436 g/mol. The average molecular weight is 437 g/mol. The summed E-state index contributed by atoms with van der Waals surface area (Å²) in [5.41, 5.74) is 1.34. The molecule has 4 rings (SSSR count). The van der Waals surface area contributed by atoms with Gasteiger partial charge in [-0.15, -0.1) is 12.4 Å². The van der Waals surface area contributed by atoms with Crippen LogP contribution in [0.1, 0.15) is 0 Å². The zero-order valence-corrected chi connectivity index (χ0v) is 16.9. The highest BCUT2D eigenvalue weighted by atomic mass is 35.5. The molecule has 1 saturated heterocycles. The highest BCUT2D eigenvalue weighted by Gasteiger charge is 2.17. The molecule has 0 atom stereocenters. The molecule has 1 aliphatic rings. The van der Waals surface area contributed by atoms with Gasteiger partial charge in [0.2, 0.25) is 17.8 Å². The number of aromatic nitrogens is 3. The van der Waals surface area contributed by atoms with E-state index in [9.17, 15) is 4.39 Å². The first-order valence-electron chi connectivity index (χ1n) is 8.80. The minimum atomic E-state index is -0.341. The zero-order chi connectivity index (χ0) is 19.3. The number of anilines is 5. The summed E-state index contributed by atoms with van der Waals surface area (Å²) in [4.78, 5) is 15.5. The van der Waals surface area contributed by atoms with Gasteiger partial charge in [-0.1, -0.05) is 17.7 Å². The van der Waals surface area contributed by atoms with E-state index >= 15 is 0 Å². The van der Waals surface area contributed by atoms with E-state index in [0.717, 1.165) is 5.69 Å². The zero-order valence-electron chi connectivity index (χ0n) is 15.3. The first-order chi connectivity index (χ1) is 13.7. The second-order valence-electron chi connectivity index (χ2n) is 6.15. The lowest BCUT2D eigenvalue weighted by molar-refractivity contribution is 0.122. The van der Waals surface area contributed by atoms with E-state index in [2.05, 4.69) is 25.6 Å². The molecule has 2 N–H and O–H groups in total. The normalized spacial score (nSPS) is 13.5. The predicted octanol–water partition coefficient (Wildman–Crippen LogP) is 4.41. The van der Waals surface area contributed by atoms with E-state index in [-0.39, 0.29) is 18.2 Å². The molecule has 1 fully saturated rings. The Labute approximate surface area is 178 Å². The molecule has 2 aromatic carbocycles. The van der Waals surface area contributed by atoms with Crippen molar-refractivity contribution in [1.82, 2.24) is 15.0 Å². The topological polar surface area (TPSA) is 75.2 Å². The quantitative estimate of drug-likeness (QED) is 0.613. The molecule has 1 aromatic heterocycles. The molecule has 7 nitrogen and oxygen atoms in total. The van der Waals surface area contributed by atoms with Crippen molar-refractivity contribution in [1.29, 1.82) is 0 Å². The maximum Gasteiger partial charge on any atom is 0.233 e. The van der Waals surface area contributed by atoms with E-state index < -0.39 is 0 Å². The third-order valence-corrected chi connectivity index (χ3v) is 4.35. The fourth-order valence-corrected chi connectivity index (χ4v) is 2.86. The molecule has 29 heavy (non-hydrogen) atoms. The van der Waals surface area contributed by atoms with Crippen LogP contribution in [0.25, 0.3) is 0 Å². The van der Waals surface area contributed by atoms with E-state index in [4.69, 9.17) is 16.3 Å². The Hall–Kier alpha value is -2.68. The van der Waals surface area contributed by atoms with Crippen LogP contribution in [0.5, 0.6) is 0 Å². The summed E-state index contributed by atoms with van der Waals surface area (Å²) in [5.74, 6) is 0.872. The summed E-state index contributed by atoms with van der Waals surface area (Å²) in [6.45, 7) is 2.59. The van der Waals surface area contributed by atoms with Crippen molar-refractivity contribution in [2.45, 2.75) is 0 Å². The highest BCUT2D eigenvalue weighted by molar-refractivity contribution is 6.30. The van der Waals surface area contributed by atoms with Crippen molar-refractivity contribution >= 4 is 53.2 Å². The summed E-state index contributed by atoms with van der Waals surface area (Å²) in [6.07, 6.45) is 0. The number of morpholine rings is 1. The van der Waals surface area contributed by atoms with Gasteiger partial charge in [-0.3, -0.25) is 0 Å². The van der Waals surface area contributed by atoms with Gasteiger partial charge in [0.05, 0.1) is 13.2 Å². The summed E-state index contributed by atoms with van der Waals surface area (Å²) in [7, 11) is 0. The van der Waals surface area contributed by atoms with Gasteiger partial charge in [-0.25, -0.2) is 4.39 Å². The second kappa shape index (κ2) is 9.69. The Morgan fingerprint density at radius 1 is 0.897 bits per heavy atom. The minimum absolute atomic E-state index is 0. The second-order valence-corrected chi connectivity index (χ2v) is 6.59. The van der Waals surface area contributed by atoms with Gasteiger partial charge >= 0.3 is 0 Å². The number of nitrogens with one attached hydrogen (secondary N) is 2. The molecule has 2 heterocycles. The standard InChI is InChI=1S/C19H18ClFN6O.ClH/c20-13-4-6-15(7-5-13)22-17-24-18(23-16-3-1-2-14(21)12-16)26-19(25-17)27-8-10-28-11-9-27;/h1-7,12H,8-11H2,(H2,22,23,24,25,26);1H. The predicted molar refractivity (Wildman–Crippen MR) is 115 cm³/mol. The molecule has 0 bridgehead atoms. The molecule has 10 heteroatoms. The summed E-state index contributed by atoms with van der Waals surface area (Å²) < 4.78 is 18.9. The van der Waals surface area contributed by atoms with Crippen LogP contribution in [0.15, 0.2) is 48.5 Å². The lowest BCUT2D eigenvalue weighted by Crippen LogP contribution is -2.37. The fraction of sp³-hybridized carbons (Fsp3) is 0.211. The third-order valence-electron chi connectivity index (χ3n) is 4.10. The van der Waals surface area contributed by atoms with Crippen molar-refractivity contribution < 1.29 is 9.13 Å². The number of hydrogen-bond donors (Lipinski definition) is 2. The highest BCUT2D eigenvalue weighted by Crippen LogP contribution is 2.22. The van der Waals surface area contributed by atoms with E-state index in [1.165, 1.54) is 12.1 Å². The molecule has 0 aliphatic carbocycles. The van der Waals surface area contributed by atoms with Crippen LogP contribution in [0.4, 0.5) is 33.6 Å². The summed E-state index contributed by atoms with van der Waals surface area (Å²) in [6, 6.07) is 13.3. The van der Waals surface area contributed by atoms with Crippen molar-refractivity contribution in [3.63, 3.8) is 0 Å². The fourth-order valence-electron chi connectivity index (χ4n) is 2.74. The van der Waals surface area contributed by atoms with Gasteiger partial charge in [-0.05, 0) is 42.5 Å². The molecular weight excluding hydrogens is 418 g/mol. The molecular formula is C19H19Cl2FN6O. The maximum atomic E-state index is 13.5. The molecule has 0 radical (unpaired) electrons. The van der Waals surface area contributed by atoms with E-state index in [1.54, 1.807) is 24.3 Å². The maximum absolute atomic E-state index is 13.5. The lowest BCUT2D eigenvalue weighted by Gasteiger charge is -2.27. The Bertz CT molecular complexity index is 954. The first kappa shape index (κ1) is 21.0. The average Bonchev–Trinajstić information content (AvgIpc) is 2.70. The number of halogens is 3. The lowest BCUT2D eigenvalue weighted by atomic mass is 10.3. The van der Waals surface area contributed by atoms with Crippen molar-refractivity contribution in [3.8, 4) is 0 Å². The number of rotatable bonds is 5. The van der Waals surface area contributed by atoms with Crippen molar-refractivity contribution in [2.24, 2.45) is 0 Å². The Morgan fingerprint density at radius 3 is 2.21 bits per heavy atom. The summed E-state index contributed by atoms with van der Waals surface area (Å²) >= 11 is 5.94. The number of hydrogen-bond acceptors (Lipinski definition) is 7. The van der Waals surface area contributed by atoms with Gasteiger partial charge in [0.1, 0.15) is 5.82 Å². The van der Waals surface area contributed by atoms with Crippen molar-refractivity contribution in [2.75, 3.05) is 41.8 Å². The van der Waals surface area contributed by atoms with Crippen LogP contribution in [-0.4, -0.2) is 41.3 Å². The third kappa shape index (κ3) is 5.66. The Kier molecular flexibility index (Phi) is 7.03. The molecule has 1 aliphatic heterocycles. The molecule has 0 saturated carbocycles. The van der Waals surface area contributed by atoms with Crippen LogP contribution in [0.3, 0.4) is 0 Å². The van der Waals surface area contributed by atoms with E-state index in [0.29, 0.717) is 54.9 Å². The van der Waals surface area contributed by atoms with Gasteiger partial charge in [-0.2, -0.15) is 15.0 Å². The van der Waals surface area contributed by atoms with Crippen LogP contribution in [0.2, 0.25) is 5.02 Å². The molecule has 0 unspecified atom stereocenters. The van der Waals surface area contributed by atoms with Crippen LogP contribution in [-0.2, 0) is 4.74 Å². The molecule has 0 amide bonds. The van der Waals surface area contributed by atoms with Gasteiger partial charge in [0.15, 0.2) is 0 Å².